The number of benzene rings is 1. The van der Waals surface area contributed by atoms with Gasteiger partial charge in [-0.2, -0.15) is 0 Å². The summed E-state index contributed by atoms with van der Waals surface area (Å²) in [5.74, 6) is 0.540. The Morgan fingerprint density at radius 2 is 2.25 bits per heavy atom. The maximum Gasteiger partial charge on any atom is 0.269 e. The van der Waals surface area contributed by atoms with Crippen molar-refractivity contribution in [2.45, 2.75) is 13.0 Å². The van der Waals surface area contributed by atoms with Crippen molar-refractivity contribution in [1.29, 1.82) is 0 Å². The number of carbonyl (C=O) groups is 1. The lowest BCUT2D eigenvalue weighted by molar-refractivity contribution is -0.125. The van der Waals surface area contributed by atoms with Crippen molar-refractivity contribution in [3.05, 3.63) is 22.7 Å². The number of hydrogen-bond acceptors (Lipinski definition) is 3. The van der Waals surface area contributed by atoms with Gasteiger partial charge in [-0.25, -0.2) is 0 Å². The molecule has 1 amide bonds. The molecular weight excluding hydrogens is 228 g/mol. The van der Waals surface area contributed by atoms with E-state index >= 15 is 0 Å². The number of nitrogens with zero attached hydrogens (tertiary/aromatic N) is 1. The third kappa shape index (κ3) is 1.64. The van der Waals surface area contributed by atoms with Gasteiger partial charge in [-0.1, -0.05) is 11.6 Å². The zero-order chi connectivity index (χ0) is 11.9. The molecule has 5 heteroatoms. The van der Waals surface area contributed by atoms with Crippen molar-refractivity contribution in [2.75, 3.05) is 18.5 Å². The highest BCUT2D eigenvalue weighted by Crippen LogP contribution is 2.38. The standard InChI is InChI=1S/C11H13ClN2O2/c1-6-3-7(12)4-8-10(6)16-9(5-13)11(15)14(8)2/h3-4,9H,5,13H2,1-2H3. The molecule has 0 aromatic heterocycles. The van der Waals surface area contributed by atoms with Crippen LogP contribution in [0.1, 0.15) is 5.56 Å². The molecule has 16 heavy (non-hydrogen) atoms. The maximum absolute atomic E-state index is 11.8. The number of anilines is 1. The Hall–Kier alpha value is -1.26. The smallest absolute Gasteiger partial charge is 0.269 e. The second-order valence-electron chi connectivity index (χ2n) is 3.81. The molecule has 0 saturated carbocycles. The van der Waals surface area contributed by atoms with Crippen LogP contribution in [0.4, 0.5) is 5.69 Å². The molecule has 1 heterocycles. The van der Waals surface area contributed by atoms with Crippen molar-refractivity contribution in [3.8, 4) is 5.75 Å². The average molecular weight is 241 g/mol. The van der Waals surface area contributed by atoms with Crippen LogP contribution in [0.2, 0.25) is 5.02 Å². The highest BCUT2D eigenvalue weighted by molar-refractivity contribution is 6.31. The van der Waals surface area contributed by atoms with Crippen LogP contribution in [0.15, 0.2) is 12.1 Å². The lowest BCUT2D eigenvalue weighted by atomic mass is 10.1. The second kappa shape index (κ2) is 3.96. The van der Waals surface area contributed by atoms with Crippen LogP contribution >= 0.6 is 11.6 Å². The van der Waals surface area contributed by atoms with Crippen molar-refractivity contribution in [1.82, 2.24) is 0 Å². The molecule has 0 radical (unpaired) electrons. The van der Waals surface area contributed by atoms with Crippen molar-refractivity contribution in [2.24, 2.45) is 5.73 Å². The molecule has 1 aromatic carbocycles. The van der Waals surface area contributed by atoms with Gasteiger partial charge in [0.05, 0.1) is 5.69 Å². The van der Waals surface area contributed by atoms with E-state index in [0.29, 0.717) is 16.5 Å². The first-order valence-corrected chi connectivity index (χ1v) is 5.37. The summed E-state index contributed by atoms with van der Waals surface area (Å²) in [5, 5.41) is 0.589. The van der Waals surface area contributed by atoms with Crippen LogP contribution in [0.5, 0.6) is 5.75 Å². The summed E-state index contributed by atoms with van der Waals surface area (Å²) >= 11 is 5.95. The Balaban J connectivity index is 2.54. The molecule has 1 aromatic rings. The van der Waals surface area contributed by atoms with E-state index in [2.05, 4.69) is 0 Å². The third-order valence-corrected chi connectivity index (χ3v) is 2.88. The number of nitrogens with two attached hydrogens (primary N) is 1. The number of amides is 1. The Morgan fingerprint density at radius 1 is 1.56 bits per heavy atom. The largest absolute Gasteiger partial charge is 0.477 e. The van der Waals surface area contributed by atoms with E-state index in [1.165, 1.54) is 4.90 Å². The number of halogens is 1. The predicted molar refractivity (Wildman–Crippen MR) is 63.1 cm³/mol. The molecule has 0 bridgehead atoms. The molecule has 0 saturated heterocycles. The monoisotopic (exact) mass is 240 g/mol. The lowest BCUT2D eigenvalue weighted by Crippen LogP contribution is -2.47. The number of likely N-dealkylation sites (N-methyl/N-ethyl adjacent to an activating group) is 1. The first-order chi connectivity index (χ1) is 7.54. The van der Waals surface area contributed by atoms with Crippen LogP contribution in [-0.2, 0) is 4.79 Å². The fourth-order valence-corrected chi connectivity index (χ4v) is 2.06. The number of aryl methyl sites for hydroxylation is 1. The van der Waals surface area contributed by atoms with Crippen molar-refractivity contribution >= 4 is 23.2 Å². The minimum absolute atomic E-state index is 0.142. The summed E-state index contributed by atoms with van der Waals surface area (Å²) in [7, 11) is 1.70. The average Bonchev–Trinajstić information content (AvgIpc) is 2.24. The SMILES string of the molecule is Cc1cc(Cl)cc2c1OC(CN)C(=O)N2C. The zero-order valence-corrected chi connectivity index (χ0v) is 9.91. The highest BCUT2D eigenvalue weighted by Gasteiger charge is 2.32. The number of fused-ring (bicyclic) bond motifs is 1. The van der Waals surface area contributed by atoms with Crippen LogP contribution in [-0.4, -0.2) is 25.6 Å². The van der Waals surface area contributed by atoms with Crippen LogP contribution < -0.4 is 15.4 Å². The molecule has 0 fully saturated rings. The normalized spacial score (nSPS) is 19.4. The Bertz CT molecular complexity index is 448. The highest BCUT2D eigenvalue weighted by atomic mass is 35.5. The first-order valence-electron chi connectivity index (χ1n) is 4.99. The number of carbonyl (C=O) groups excluding carboxylic acids is 1. The summed E-state index contributed by atoms with van der Waals surface area (Å²) in [6.45, 7) is 2.06. The van der Waals surface area contributed by atoms with E-state index in [9.17, 15) is 4.79 Å². The van der Waals surface area contributed by atoms with Gasteiger partial charge in [0.2, 0.25) is 0 Å². The van der Waals surface area contributed by atoms with E-state index in [1.54, 1.807) is 19.2 Å². The molecule has 1 aliphatic rings. The van der Waals surface area contributed by atoms with Gasteiger partial charge < -0.3 is 15.4 Å². The molecule has 0 aliphatic carbocycles. The molecule has 2 rings (SSSR count). The van der Waals surface area contributed by atoms with Gasteiger partial charge in [0, 0.05) is 18.6 Å². The number of ether oxygens (including phenoxy) is 1. The summed E-state index contributed by atoms with van der Waals surface area (Å²) < 4.78 is 5.57. The van der Waals surface area contributed by atoms with E-state index in [4.69, 9.17) is 22.1 Å². The van der Waals surface area contributed by atoms with Crippen molar-refractivity contribution < 1.29 is 9.53 Å². The van der Waals surface area contributed by atoms with Crippen LogP contribution in [0.3, 0.4) is 0 Å². The third-order valence-electron chi connectivity index (χ3n) is 2.66. The van der Waals surface area contributed by atoms with Gasteiger partial charge in [0.1, 0.15) is 5.75 Å². The minimum Gasteiger partial charge on any atom is -0.477 e. The molecular formula is C11H13ClN2O2. The van der Waals surface area contributed by atoms with Gasteiger partial charge in [0.15, 0.2) is 6.10 Å². The molecule has 4 nitrogen and oxygen atoms in total. The molecule has 2 N–H and O–H groups in total. The van der Waals surface area contributed by atoms with Crippen molar-refractivity contribution in [3.63, 3.8) is 0 Å². The van der Waals surface area contributed by atoms with Crippen LogP contribution in [0, 0.1) is 6.92 Å². The molecule has 1 atom stereocenters. The fourth-order valence-electron chi connectivity index (χ4n) is 1.79. The molecule has 86 valence electrons. The van der Waals surface area contributed by atoms with E-state index in [1.807, 2.05) is 6.92 Å². The summed E-state index contributed by atoms with van der Waals surface area (Å²) in [5.41, 5.74) is 7.09. The summed E-state index contributed by atoms with van der Waals surface area (Å²) in [6.07, 6.45) is -0.600. The lowest BCUT2D eigenvalue weighted by Gasteiger charge is -2.32. The summed E-state index contributed by atoms with van der Waals surface area (Å²) in [6, 6.07) is 3.52. The quantitative estimate of drug-likeness (QED) is 0.806. The number of hydrogen-bond donors (Lipinski definition) is 1. The molecule has 1 aliphatic heterocycles. The van der Waals surface area contributed by atoms with E-state index in [0.717, 1.165) is 5.56 Å². The zero-order valence-electron chi connectivity index (χ0n) is 9.16. The second-order valence-corrected chi connectivity index (χ2v) is 4.25. The predicted octanol–water partition coefficient (Wildman–Crippen LogP) is 1.33. The molecule has 0 spiro atoms. The van der Waals surface area contributed by atoms with Crippen LogP contribution in [0.25, 0.3) is 0 Å². The Kier molecular flexibility index (Phi) is 2.78. The topological polar surface area (TPSA) is 55.6 Å². The Labute approximate surface area is 98.9 Å². The van der Waals surface area contributed by atoms with Gasteiger partial charge >= 0.3 is 0 Å². The van der Waals surface area contributed by atoms with Gasteiger partial charge in [-0.3, -0.25) is 4.79 Å². The van der Waals surface area contributed by atoms with E-state index < -0.39 is 6.10 Å². The Morgan fingerprint density at radius 3 is 2.88 bits per heavy atom. The summed E-state index contributed by atoms with van der Waals surface area (Å²) in [4.78, 5) is 13.4. The van der Waals surface area contributed by atoms with Gasteiger partial charge in [-0.05, 0) is 24.6 Å². The molecule has 1 unspecified atom stereocenters. The minimum atomic E-state index is -0.600. The maximum atomic E-state index is 11.8. The fraction of sp³-hybridized carbons (Fsp3) is 0.364. The number of rotatable bonds is 1. The first kappa shape index (κ1) is 11.2. The van der Waals surface area contributed by atoms with E-state index in [-0.39, 0.29) is 12.5 Å². The van der Waals surface area contributed by atoms with Gasteiger partial charge in [0.25, 0.3) is 5.91 Å². The van der Waals surface area contributed by atoms with Gasteiger partial charge in [-0.15, -0.1) is 0 Å².